The zero-order valence-corrected chi connectivity index (χ0v) is 12.5. The van der Waals surface area contributed by atoms with Crippen LogP contribution in [0.1, 0.15) is 25.7 Å². The zero-order chi connectivity index (χ0) is 15.6. The summed E-state index contributed by atoms with van der Waals surface area (Å²) in [7, 11) is -2.32. The predicted molar refractivity (Wildman–Crippen MR) is 76.3 cm³/mol. The number of hydrogen-bond donors (Lipinski definition) is 1. The Bertz CT molecular complexity index is 614. The molecular weight excluding hydrogens is 296 g/mol. The molecule has 1 N–H and O–H groups in total. The Morgan fingerprint density at radius 2 is 1.81 bits per heavy atom. The molecular formula is C13H18N2O5S. The fraction of sp³-hybridized carbons (Fsp3) is 0.538. The fourth-order valence-corrected chi connectivity index (χ4v) is 4.02. The van der Waals surface area contributed by atoms with Gasteiger partial charge in [-0.3, -0.25) is 10.1 Å². The Balaban J connectivity index is 2.26. The number of aliphatic hydroxyl groups is 1. The van der Waals surface area contributed by atoms with E-state index in [1.165, 1.54) is 23.5 Å². The lowest BCUT2D eigenvalue weighted by Crippen LogP contribution is -2.46. The number of non-ortho nitro benzene ring substituents is 1. The highest BCUT2D eigenvalue weighted by atomic mass is 32.2. The van der Waals surface area contributed by atoms with E-state index in [0.717, 1.165) is 25.0 Å². The first-order valence-corrected chi connectivity index (χ1v) is 8.18. The van der Waals surface area contributed by atoms with E-state index in [4.69, 9.17) is 0 Å². The van der Waals surface area contributed by atoms with Crippen LogP contribution in [0.3, 0.4) is 0 Å². The molecule has 7 nitrogen and oxygen atoms in total. The van der Waals surface area contributed by atoms with Gasteiger partial charge in [-0.15, -0.1) is 0 Å². The first-order chi connectivity index (χ1) is 9.84. The molecule has 1 aliphatic rings. The van der Waals surface area contributed by atoms with E-state index in [2.05, 4.69) is 0 Å². The Labute approximate surface area is 123 Å². The minimum absolute atomic E-state index is 0.00614. The quantitative estimate of drug-likeness (QED) is 0.670. The van der Waals surface area contributed by atoms with E-state index in [-0.39, 0.29) is 10.6 Å². The Morgan fingerprint density at radius 3 is 2.33 bits per heavy atom. The van der Waals surface area contributed by atoms with E-state index in [1.807, 2.05) is 0 Å². The van der Waals surface area contributed by atoms with E-state index >= 15 is 0 Å². The average molecular weight is 314 g/mol. The van der Waals surface area contributed by atoms with Gasteiger partial charge in [-0.2, -0.15) is 4.31 Å². The third kappa shape index (κ3) is 3.22. The van der Waals surface area contributed by atoms with E-state index in [0.29, 0.717) is 12.8 Å². The standard InChI is InChI=1S/C13H18N2O5S/c1-14(12-4-2-3-5-13(12)16)21(19,20)11-8-6-10(7-9-11)15(17)18/h6-9,12-13,16H,2-5H2,1H3/t12-,13-/m1/s1. The Morgan fingerprint density at radius 1 is 1.24 bits per heavy atom. The molecule has 2 rings (SSSR count). The zero-order valence-electron chi connectivity index (χ0n) is 11.7. The molecule has 1 fully saturated rings. The van der Waals surface area contributed by atoms with Crippen molar-refractivity contribution in [2.45, 2.75) is 42.7 Å². The van der Waals surface area contributed by atoms with Crippen LogP contribution in [-0.2, 0) is 10.0 Å². The summed E-state index contributed by atoms with van der Waals surface area (Å²) in [6, 6.07) is 4.33. The lowest BCUT2D eigenvalue weighted by atomic mass is 9.93. The second-order valence-corrected chi connectivity index (χ2v) is 7.19. The lowest BCUT2D eigenvalue weighted by molar-refractivity contribution is -0.384. The van der Waals surface area contributed by atoms with Gasteiger partial charge in [0.05, 0.1) is 22.0 Å². The molecule has 0 saturated heterocycles. The minimum Gasteiger partial charge on any atom is -0.391 e. The number of benzene rings is 1. The summed E-state index contributed by atoms with van der Waals surface area (Å²) in [6.07, 6.45) is 2.30. The van der Waals surface area contributed by atoms with Crippen LogP contribution in [0.4, 0.5) is 5.69 Å². The van der Waals surface area contributed by atoms with Crippen molar-refractivity contribution in [2.75, 3.05) is 7.05 Å². The van der Waals surface area contributed by atoms with Gasteiger partial charge in [0.15, 0.2) is 0 Å². The van der Waals surface area contributed by atoms with Crippen molar-refractivity contribution in [1.29, 1.82) is 0 Å². The summed E-state index contributed by atoms with van der Waals surface area (Å²) in [6.45, 7) is 0. The number of aliphatic hydroxyl groups excluding tert-OH is 1. The second-order valence-electron chi connectivity index (χ2n) is 5.19. The highest BCUT2D eigenvalue weighted by molar-refractivity contribution is 7.89. The van der Waals surface area contributed by atoms with Gasteiger partial charge in [0, 0.05) is 19.2 Å². The van der Waals surface area contributed by atoms with Crippen LogP contribution in [0.2, 0.25) is 0 Å². The highest BCUT2D eigenvalue weighted by Gasteiger charge is 2.34. The molecule has 1 aromatic carbocycles. The van der Waals surface area contributed by atoms with E-state index in [9.17, 15) is 23.6 Å². The molecule has 0 spiro atoms. The maximum atomic E-state index is 12.5. The molecule has 0 amide bonds. The number of likely N-dealkylation sites (N-methyl/N-ethyl adjacent to an activating group) is 1. The van der Waals surface area contributed by atoms with Crippen molar-refractivity contribution in [3.63, 3.8) is 0 Å². The number of rotatable bonds is 4. The third-order valence-electron chi connectivity index (χ3n) is 3.89. The molecule has 0 unspecified atom stereocenters. The Hall–Kier alpha value is -1.51. The van der Waals surface area contributed by atoms with Crippen LogP contribution in [0.5, 0.6) is 0 Å². The minimum atomic E-state index is -3.76. The molecule has 0 bridgehead atoms. The van der Waals surface area contributed by atoms with Gasteiger partial charge in [0.25, 0.3) is 5.69 Å². The summed E-state index contributed by atoms with van der Waals surface area (Å²) in [5, 5.41) is 20.6. The Kier molecular flexibility index (Phi) is 4.60. The first kappa shape index (κ1) is 15.9. The molecule has 1 saturated carbocycles. The van der Waals surface area contributed by atoms with Crippen LogP contribution in [0.15, 0.2) is 29.2 Å². The molecule has 116 valence electrons. The van der Waals surface area contributed by atoms with Gasteiger partial charge in [0.1, 0.15) is 0 Å². The van der Waals surface area contributed by atoms with Crippen molar-refractivity contribution in [2.24, 2.45) is 0 Å². The summed E-state index contributed by atoms with van der Waals surface area (Å²) < 4.78 is 26.2. The van der Waals surface area contributed by atoms with Gasteiger partial charge < -0.3 is 5.11 Å². The van der Waals surface area contributed by atoms with Gasteiger partial charge in [-0.25, -0.2) is 8.42 Å². The number of nitro groups is 1. The summed E-state index contributed by atoms with van der Waals surface area (Å²) in [5.74, 6) is 0. The number of nitro benzene ring substituents is 1. The van der Waals surface area contributed by atoms with Crippen LogP contribution in [-0.4, -0.2) is 41.9 Å². The normalized spacial score (nSPS) is 23.2. The highest BCUT2D eigenvalue weighted by Crippen LogP contribution is 2.27. The predicted octanol–water partition coefficient (Wildman–Crippen LogP) is 1.52. The van der Waals surface area contributed by atoms with Crippen molar-refractivity contribution >= 4 is 15.7 Å². The molecule has 1 aliphatic carbocycles. The number of nitrogens with zero attached hydrogens (tertiary/aromatic N) is 2. The van der Waals surface area contributed by atoms with Crippen molar-refractivity contribution in [3.8, 4) is 0 Å². The van der Waals surface area contributed by atoms with Gasteiger partial charge >= 0.3 is 0 Å². The van der Waals surface area contributed by atoms with Crippen molar-refractivity contribution in [1.82, 2.24) is 4.31 Å². The second kappa shape index (κ2) is 6.08. The molecule has 1 aromatic rings. The number of hydrogen-bond acceptors (Lipinski definition) is 5. The molecule has 8 heteroatoms. The molecule has 2 atom stereocenters. The molecule has 0 aromatic heterocycles. The molecule has 21 heavy (non-hydrogen) atoms. The first-order valence-electron chi connectivity index (χ1n) is 6.74. The van der Waals surface area contributed by atoms with E-state index < -0.39 is 27.1 Å². The molecule has 0 aliphatic heterocycles. The third-order valence-corrected chi connectivity index (χ3v) is 5.78. The van der Waals surface area contributed by atoms with E-state index in [1.54, 1.807) is 0 Å². The maximum absolute atomic E-state index is 12.5. The average Bonchev–Trinajstić information content (AvgIpc) is 2.47. The molecule has 0 heterocycles. The van der Waals surface area contributed by atoms with Crippen LogP contribution in [0, 0.1) is 10.1 Å². The van der Waals surface area contributed by atoms with Crippen molar-refractivity contribution < 1.29 is 18.4 Å². The van der Waals surface area contributed by atoms with Crippen LogP contribution < -0.4 is 0 Å². The fourth-order valence-electron chi connectivity index (χ4n) is 2.60. The maximum Gasteiger partial charge on any atom is 0.269 e. The summed E-state index contributed by atoms with van der Waals surface area (Å²) in [5.41, 5.74) is -0.158. The van der Waals surface area contributed by atoms with Crippen LogP contribution >= 0.6 is 0 Å². The van der Waals surface area contributed by atoms with Crippen LogP contribution in [0.25, 0.3) is 0 Å². The topological polar surface area (TPSA) is 101 Å². The largest absolute Gasteiger partial charge is 0.391 e. The SMILES string of the molecule is CN([C@@H]1CCCC[C@H]1O)S(=O)(=O)c1ccc([N+](=O)[O-])cc1. The smallest absolute Gasteiger partial charge is 0.269 e. The molecule has 0 radical (unpaired) electrons. The van der Waals surface area contributed by atoms with Gasteiger partial charge in [-0.05, 0) is 25.0 Å². The van der Waals surface area contributed by atoms with Gasteiger partial charge in [0.2, 0.25) is 10.0 Å². The summed E-state index contributed by atoms with van der Waals surface area (Å²) in [4.78, 5) is 10.0. The van der Waals surface area contributed by atoms with Crippen molar-refractivity contribution in [3.05, 3.63) is 34.4 Å². The summed E-state index contributed by atoms with van der Waals surface area (Å²) >= 11 is 0. The lowest BCUT2D eigenvalue weighted by Gasteiger charge is -2.34. The monoisotopic (exact) mass is 314 g/mol. The van der Waals surface area contributed by atoms with Gasteiger partial charge in [-0.1, -0.05) is 12.8 Å². The number of sulfonamides is 1.